The van der Waals surface area contributed by atoms with Crippen molar-refractivity contribution in [3.63, 3.8) is 0 Å². The first kappa shape index (κ1) is 16.1. The predicted molar refractivity (Wildman–Crippen MR) is 97.3 cm³/mol. The molecule has 0 aliphatic carbocycles. The van der Waals surface area contributed by atoms with Gasteiger partial charge in [-0.15, -0.1) is 0 Å². The molecule has 0 spiro atoms. The average Bonchev–Trinajstić information content (AvgIpc) is 2.42. The van der Waals surface area contributed by atoms with Gasteiger partial charge in [0.1, 0.15) is 0 Å². The van der Waals surface area contributed by atoms with Gasteiger partial charge in [0, 0.05) is 20.3 Å². The van der Waals surface area contributed by atoms with Crippen LogP contribution in [0.3, 0.4) is 0 Å². The number of amides is 1. The Morgan fingerprint density at radius 3 is 2.52 bits per heavy atom. The van der Waals surface area contributed by atoms with Crippen LogP contribution in [0.5, 0.6) is 0 Å². The number of halogens is 2. The first-order valence-electron chi connectivity index (χ1n) is 6.59. The number of carbonyl (C=O) groups excluding carboxylic acids is 1. The molecule has 110 valence electrons. The summed E-state index contributed by atoms with van der Waals surface area (Å²) < 4.78 is 0.905. The van der Waals surface area contributed by atoms with E-state index in [2.05, 4.69) is 33.2 Å². The topological polar surface area (TPSA) is 41.1 Å². The summed E-state index contributed by atoms with van der Waals surface area (Å²) in [5, 5.41) is 6.85. The van der Waals surface area contributed by atoms with E-state index in [1.54, 1.807) is 12.1 Å². The van der Waals surface area contributed by atoms with Gasteiger partial charge in [-0.3, -0.25) is 4.79 Å². The molecule has 2 aromatic carbocycles. The van der Waals surface area contributed by atoms with E-state index in [0.717, 1.165) is 14.9 Å². The first-order chi connectivity index (χ1) is 9.97. The lowest BCUT2D eigenvalue weighted by Gasteiger charge is -2.15. The Balaban J connectivity index is 2.24. The first-order valence-corrected chi connectivity index (χ1v) is 8.05. The second kappa shape index (κ2) is 7.13. The average molecular weight is 415 g/mol. The van der Waals surface area contributed by atoms with Crippen molar-refractivity contribution in [1.29, 1.82) is 0 Å². The monoisotopic (exact) mass is 414 g/mol. The van der Waals surface area contributed by atoms with E-state index in [-0.39, 0.29) is 11.9 Å². The lowest BCUT2D eigenvalue weighted by atomic mass is 10.1. The number of hydrogen-bond donors (Lipinski definition) is 2. The molecule has 2 aromatic rings. The number of hydrogen-bond acceptors (Lipinski definition) is 2. The third-order valence-electron chi connectivity index (χ3n) is 2.80. The third-order valence-corrected chi connectivity index (χ3v) is 3.92. The molecule has 0 radical (unpaired) electrons. The number of anilines is 2. The van der Waals surface area contributed by atoms with E-state index in [4.69, 9.17) is 11.6 Å². The lowest BCUT2D eigenvalue weighted by Crippen LogP contribution is -2.18. The Morgan fingerprint density at radius 1 is 1.14 bits per heavy atom. The maximum atomic E-state index is 12.5. The molecule has 3 nitrogen and oxygen atoms in total. The van der Waals surface area contributed by atoms with Crippen molar-refractivity contribution in [2.45, 2.75) is 19.9 Å². The fourth-order valence-electron chi connectivity index (χ4n) is 1.90. The van der Waals surface area contributed by atoms with Gasteiger partial charge in [-0.2, -0.15) is 0 Å². The van der Waals surface area contributed by atoms with E-state index < -0.39 is 0 Å². The fourth-order valence-corrected chi connectivity index (χ4v) is 2.90. The molecule has 0 aromatic heterocycles. The van der Waals surface area contributed by atoms with Crippen molar-refractivity contribution < 1.29 is 4.79 Å². The highest BCUT2D eigenvalue weighted by Crippen LogP contribution is 2.24. The lowest BCUT2D eigenvalue weighted by molar-refractivity contribution is 0.102. The van der Waals surface area contributed by atoms with Crippen LogP contribution in [0.25, 0.3) is 0 Å². The van der Waals surface area contributed by atoms with E-state index in [9.17, 15) is 4.79 Å². The van der Waals surface area contributed by atoms with Crippen LogP contribution in [-0.2, 0) is 0 Å². The Labute approximate surface area is 143 Å². The summed E-state index contributed by atoms with van der Waals surface area (Å²) in [6.07, 6.45) is 0. The Kier molecular flexibility index (Phi) is 5.47. The van der Waals surface area contributed by atoms with E-state index in [1.165, 1.54) is 0 Å². The van der Waals surface area contributed by atoms with Crippen molar-refractivity contribution in [3.05, 3.63) is 56.6 Å². The molecule has 21 heavy (non-hydrogen) atoms. The minimum atomic E-state index is -0.140. The van der Waals surface area contributed by atoms with Crippen molar-refractivity contribution in [1.82, 2.24) is 0 Å². The Bertz CT molecular complexity index is 658. The summed E-state index contributed by atoms with van der Waals surface area (Å²) >= 11 is 8.08. The summed E-state index contributed by atoms with van der Waals surface area (Å²) in [6, 6.07) is 13.1. The van der Waals surface area contributed by atoms with E-state index >= 15 is 0 Å². The molecule has 2 N–H and O–H groups in total. The molecule has 0 bridgehead atoms. The van der Waals surface area contributed by atoms with Gasteiger partial charge in [-0.1, -0.05) is 23.7 Å². The molecule has 0 atom stereocenters. The quantitative estimate of drug-likeness (QED) is 0.690. The molecule has 1 amide bonds. The SMILES string of the molecule is CC(C)Nc1ccccc1C(=O)Nc1ccc(Cl)cc1I. The fraction of sp³-hybridized carbons (Fsp3) is 0.188. The van der Waals surface area contributed by atoms with Crippen molar-refractivity contribution >= 4 is 51.5 Å². The van der Waals surface area contributed by atoms with Gasteiger partial charge in [0.15, 0.2) is 0 Å². The Morgan fingerprint density at radius 2 is 1.86 bits per heavy atom. The van der Waals surface area contributed by atoms with Gasteiger partial charge in [-0.05, 0) is 66.8 Å². The van der Waals surface area contributed by atoms with Crippen LogP contribution >= 0.6 is 34.2 Å². The van der Waals surface area contributed by atoms with Gasteiger partial charge < -0.3 is 10.6 Å². The van der Waals surface area contributed by atoms with Gasteiger partial charge in [0.05, 0.1) is 11.3 Å². The highest BCUT2D eigenvalue weighted by Gasteiger charge is 2.13. The number of benzene rings is 2. The van der Waals surface area contributed by atoms with Crippen LogP contribution in [0.15, 0.2) is 42.5 Å². The minimum absolute atomic E-state index is 0.140. The summed E-state index contributed by atoms with van der Waals surface area (Å²) in [5.74, 6) is -0.140. The van der Waals surface area contributed by atoms with E-state index in [1.807, 2.05) is 44.2 Å². The molecule has 0 fully saturated rings. The van der Waals surface area contributed by atoms with Crippen molar-refractivity contribution in [2.75, 3.05) is 10.6 Å². The molecule has 5 heteroatoms. The van der Waals surface area contributed by atoms with Crippen LogP contribution in [0.2, 0.25) is 5.02 Å². The largest absolute Gasteiger partial charge is 0.382 e. The van der Waals surface area contributed by atoms with Crippen LogP contribution < -0.4 is 10.6 Å². The molecule has 0 saturated heterocycles. The molecule has 0 heterocycles. The summed E-state index contributed by atoms with van der Waals surface area (Å²) in [5.41, 5.74) is 2.20. The normalized spacial score (nSPS) is 10.5. The molecular weight excluding hydrogens is 399 g/mol. The second-order valence-corrected chi connectivity index (χ2v) is 6.52. The summed E-state index contributed by atoms with van der Waals surface area (Å²) in [7, 11) is 0. The third kappa shape index (κ3) is 4.35. The zero-order valence-corrected chi connectivity index (χ0v) is 14.7. The Hall–Kier alpha value is -1.27. The number of para-hydroxylation sites is 1. The highest BCUT2D eigenvalue weighted by atomic mass is 127. The van der Waals surface area contributed by atoms with E-state index in [0.29, 0.717) is 10.6 Å². The smallest absolute Gasteiger partial charge is 0.257 e. The van der Waals surface area contributed by atoms with Gasteiger partial charge in [0.25, 0.3) is 5.91 Å². The number of nitrogens with one attached hydrogen (secondary N) is 2. The van der Waals surface area contributed by atoms with Gasteiger partial charge in [-0.25, -0.2) is 0 Å². The summed E-state index contributed by atoms with van der Waals surface area (Å²) in [6.45, 7) is 4.08. The standard InChI is InChI=1S/C16H16ClIN2O/c1-10(2)19-14-6-4-3-5-12(14)16(21)20-15-8-7-11(17)9-13(15)18/h3-10,19H,1-2H3,(H,20,21). The maximum absolute atomic E-state index is 12.5. The summed E-state index contributed by atoms with van der Waals surface area (Å²) in [4.78, 5) is 12.5. The number of rotatable bonds is 4. The van der Waals surface area contributed by atoms with Crippen molar-refractivity contribution in [2.24, 2.45) is 0 Å². The molecule has 0 saturated carbocycles. The van der Waals surface area contributed by atoms with Gasteiger partial charge in [0.2, 0.25) is 0 Å². The predicted octanol–water partition coefficient (Wildman–Crippen LogP) is 5.02. The zero-order chi connectivity index (χ0) is 15.4. The van der Waals surface area contributed by atoms with Crippen LogP contribution in [-0.4, -0.2) is 11.9 Å². The van der Waals surface area contributed by atoms with Gasteiger partial charge >= 0.3 is 0 Å². The van der Waals surface area contributed by atoms with Crippen LogP contribution in [0.1, 0.15) is 24.2 Å². The highest BCUT2D eigenvalue weighted by molar-refractivity contribution is 14.1. The zero-order valence-electron chi connectivity index (χ0n) is 11.8. The molecule has 0 unspecified atom stereocenters. The second-order valence-electron chi connectivity index (χ2n) is 4.92. The van der Waals surface area contributed by atoms with Crippen LogP contribution in [0.4, 0.5) is 11.4 Å². The molecule has 0 aliphatic heterocycles. The minimum Gasteiger partial charge on any atom is -0.382 e. The van der Waals surface area contributed by atoms with Crippen LogP contribution in [0, 0.1) is 3.57 Å². The van der Waals surface area contributed by atoms with Crippen molar-refractivity contribution in [3.8, 4) is 0 Å². The molecule has 2 rings (SSSR count). The number of carbonyl (C=O) groups is 1. The molecular formula is C16H16ClIN2O. The molecule has 0 aliphatic rings. The maximum Gasteiger partial charge on any atom is 0.257 e.